The second-order valence-electron chi connectivity index (χ2n) is 6.56. The number of nitrogen functional groups attached to an aromatic ring is 1. The first-order chi connectivity index (χ1) is 13.0. The van der Waals surface area contributed by atoms with Crippen molar-refractivity contribution in [1.29, 1.82) is 0 Å². The molecule has 11 heteroatoms. The van der Waals surface area contributed by atoms with Crippen LogP contribution in [0.3, 0.4) is 0 Å². The molecule has 0 aromatic carbocycles. The van der Waals surface area contributed by atoms with Gasteiger partial charge in [0, 0.05) is 45.8 Å². The van der Waals surface area contributed by atoms with Gasteiger partial charge in [0.25, 0.3) is 10.2 Å². The normalized spacial score (nSPS) is 17.1. The van der Waals surface area contributed by atoms with Crippen molar-refractivity contribution in [3.63, 3.8) is 0 Å². The molecule has 1 aliphatic heterocycles. The van der Waals surface area contributed by atoms with Gasteiger partial charge in [0.05, 0.1) is 6.33 Å². The quantitative estimate of drug-likeness (QED) is 0.668. The second kappa shape index (κ2) is 8.46. The van der Waals surface area contributed by atoms with Crippen molar-refractivity contribution in [2.75, 3.05) is 51.5 Å². The summed E-state index contributed by atoms with van der Waals surface area (Å²) in [4.78, 5) is 14.8. The van der Waals surface area contributed by atoms with E-state index >= 15 is 0 Å². The number of nitrogens with two attached hydrogens (primary N) is 1. The molecule has 0 saturated carbocycles. The Morgan fingerprint density at radius 1 is 1.07 bits per heavy atom. The van der Waals surface area contributed by atoms with Gasteiger partial charge in [0.1, 0.15) is 11.8 Å². The SMILES string of the molecule is CCN(CC)S(=O)(=O)N1CCN(CCCn2cnc3c(N)ncnc32)CC1. The van der Waals surface area contributed by atoms with Crippen molar-refractivity contribution in [2.45, 2.75) is 26.8 Å². The number of rotatable bonds is 8. The summed E-state index contributed by atoms with van der Waals surface area (Å²) in [6.07, 6.45) is 4.12. The molecule has 2 aromatic rings. The van der Waals surface area contributed by atoms with Crippen molar-refractivity contribution >= 4 is 27.2 Å². The Morgan fingerprint density at radius 3 is 2.44 bits per heavy atom. The molecule has 1 aliphatic rings. The zero-order chi connectivity index (χ0) is 19.4. The minimum Gasteiger partial charge on any atom is -0.382 e. The Kier molecular flexibility index (Phi) is 6.25. The first kappa shape index (κ1) is 19.9. The van der Waals surface area contributed by atoms with Crippen LogP contribution in [-0.2, 0) is 16.8 Å². The summed E-state index contributed by atoms with van der Waals surface area (Å²) in [6, 6.07) is 0. The summed E-state index contributed by atoms with van der Waals surface area (Å²) in [5.74, 6) is 0.393. The van der Waals surface area contributed by atoms with Crippen LogP contribution >= 0.6 is 0 Å². The average Bonchev–Trinajstić information content (AvgIpc) is 3.07. The van der Waals surface area contributed by atoms with Gasteiger partial charge < -0.3 is 15.2 Å². The maximum absolute atomic E-state index is 12.6. The van der Waals surface area contributed by atoms with Gasteiger partial charge in [0.2, 0.25) is 0 Å². The highest BCUT2D eigenvalue weighted by atomic mass is 32.2. The van der Waals surface area contributed by atoms with E-state index in [1.165, 1.54) is 10.6 Å². The van der Waals surface area contributed by atoms with Gasteiger partial charge >= 0.3 is 0 Å². The lowest BCUT2D eigenvalue weighted by Crippen LogP contribution is -2.53. The lowest BCUT2D eigenvalue weighted by molar-refractivity contribution is 0.178. The average molecular weight is 397 g/mol. The zero-order valence-electron chi connectivity index (χ0n) is 16.0. The van der Waals surface area contributed by atoms with Gasteiger partial charge in [-0.1, -0.05) is 13.8 Å². The standard InChI is InChI=1S/C16H28N8O2S/c1-3-23(4-2)27(25,26)24-10-8-21(9-11-24)6-5-7-22-13-20-14-15(17)18-12-19-16(14)22/h12-13H,3-11H2,1-2H3,(H2,17,18,19). The molecular weight excluding hydrogens is 368 g/mol. The van der Waals surface area contributed by atoms with Gasteiger partial charge in [-0.05, 0) is 13.0 Å². The fraction of sp³-hybridized carbons (Fsp3) is 0.688. The zero-order valence-corrected chi connectivity index (χ0v) is 16.8. The van der Waals surface area contributed by atoms with Crippen molar-refractivity contribution in [1.82, 2.24) is 33.0 Å². The van der Waals surface area contributed by atoms with Crippen LogP contribution in [0, 0.1) is 0 Å². The van der Waals surface area contributed by atoms with Crippen LogP contribution in [-0.4, -0.2) is 87.3 Å². The predicted octanol–water partition coefficient (Wildman–Crippen LogP) is 0.00280. The van der Waals surface area contributed by atoms with Crippen LogP contribution in [0.4, 0.5) is 5.82 Å². The molecule has 0 unspecified atom stereocenters. The number of hydrogen-bond acceptors (Lipinski definition) is 7. The number of anilines is 1. The molecule has 0 bridgehead atoms. The number of nitrogens with zero attached hydrogens (tertiary/aromatic N) is 7. The summed E-state index contributed by atoms with van der Waals surface area (Å²) in [7, 11) is -3.33. The molecule has 2 N–H and O–H groups in total. The van der Waals surface area contributed by atoms with Gasteiger partial charge in [-0.2, -0.15) is 17.0 Å². The van der Waals surface area contributed by atoms with E-state index in [0.717, 1.165) is 38.2 Å². The maximum atomic E-state index is 12.6. The third-order valence-electron chi connectivity index (χ3n) is 4.99. The Bertz CT molecular complexity index is 856. The highest BCUT2D eigenvalue weighted by Crippen LogP contribution is 2.15. The molecule has 0 radical (unpaired) electrons. The molecule has 1 fully saturated rings. The molecular formula is C16H28N8O2S. The van der Waals surface area contributed by atoms with E-state index in [-0.39, 0.29) is 0 Å². The maximum Gasteiger partial charge on any atom is 0.282 e. The number of hydrogen-bond donors (Lipinski definition) is 1. The summed E-state index contributed by atoms with van der Waals surface area (Å²) in [5.41, 5.74) is 7.19. The number of aryl methyl sites for hydroxylation is 1. The number of fused-ring (bicyclic) bond motifs is 1. The van der Waals surface area contributed by atoms with Gasteiger partial charge in [0.15, 0.2) is 11.5 Å². The monoisotopic (exact) mass is 396 g/mol. The topological polar surface area (TPSA) is 113 Å². The van der Waals surface area contributed by atoms with Crippen LogP contribution in [0.5, 0.6) is 0 Å². The molecule has 27 heavy (non-hydrogen) atoms. The molecule has 10 nitrogen and oxygen atoms in total. The minimum absolute atomic E-state index is 0.393. The molecule has 0 atom stereocenters. The first-order valence-electron chi connectivity index (χ1n) is 9.36. The predicted molar refractivity (Wildman–Crippen MR) is 104 cm³/mol. The molecule has 3 rings (SSSR count). The molecule has 1 saturated heterocycles. The van der Waals surface area contributed by atoms with Crippen LogP contribution in [0.25, 0.3) is 11.2 Å². The number of piperazine rings is 1. The van der Waals surface area contributed by atoms with Crippen LogP contribution < -0.4 is 5.73 Å². The summed E-state index contributed by atoms with van der Waals surface area (Å²) >= 11 is 0. The van der Waals surface area contributed by atoms with E-state index in [9.17, 15) is 8.42 Å². The van der Waals surface area contributed by atoms with E-state index in [1.54, 1.807) is 10.6 Å². The lowest BCUT2D eigenvalue weighted by Gasteiger charge is -2.36. The van der Waals surface area contributed by atoms with Gasteiger partial charge in [-0.25, -0.2) is 15.0 Å². The summed E-state index contributed by atoms with van der Waals surface area (Å²) in [5, 5.41) is 0. The first-order valence-corrected chi connectivity index (χ1v) is 10.8. The number of aromatic nitrogens is 4. The van der Waals surface area contributed by atoms with Gasteiger partial charge in [-0.15, -0.1) is 0 Å². The summed E-state index contributed by atoms with van der Waals surface area (Å²) < 4.78 is 30.2. The van der Waals surface area contributed by atoms with Crippen LogP contribution in [0.15, 0.2) is 12.7 Å². The Labute approximate surface area is 160 Å². The van der Waals surface area contributed by atoms with Crippen LogP contribution in [0.2, 0.25) is 0 Å². The molecule has 0 spiro atoms. The highest BCUT2D eigenvalue weighted by Gasteiger charge is 2.30. The van der Waals surface area contributed by atoms with E-state index in [4.69, 9.17) is 5.73 Å². The van der Waals surface area contributed by atoms with E-state index in [0.29, 0.717) is 37.5 Å². The Balaban J connectivity index is 1.49. The summed E-state index contributed by atoms with van der Waals surface area (Å²) in [6.45, 7) is 9.02. The molecule has 2 aromatic heterocycles. The lowest BCUT2D eigenvalue weighted by atomic mass is 10.3. The van der Waals surface area contributed by atoms with Crippen molar-refractivity contribution in [2.24, 2.45) is 0 Å². The van der Waals surface area contributed by atoms with Crippen molar-refractivity contribution in [3.05, 3.63) is 12.7 Å². The highest BCUT2D eigenvalue weighted by molar-refractivity contribution is 7.86. The Morgan fingerprint density at radius 2 is 1.78 bits per heavy atom. The largest absolute Gasteiger partial charge is 0.382 e. The molecule has 0 aliphatic carbocycles. The van der Waals surface area contributed by atoms with Crippen molar-refractivity contribution in [3.8, 4) is 0 Å². The number of imidazole rings is 1. The van der Waals surface area contributed by atoms with E-state index in [2.05, 4.69) is 19.9 Å². The molecule has 3 heterocycles. The smallest absolute Gasteiger partial charge is 0.282 e. The third-order valence-corrected chi connectivity index (χ3v) is 7.18. The van der Waals surface area contributed by atoms with Crippen LogP contribution in [0.1, 0.15) is 20.3 Å². The van der Waals surface area contributed by atoms with Crippen molar-refractivity contribution < 1.29 is 8.42 Å². The second-order valence-corrected chi connectivity index (χ2v) is 8.48. The fourth-order valence-corrected chi connectivity index (χ4v) is 5.03. The van der Waals surface area contributed by atoms with E-state index in [1.807, 2.05) is 18.4 Å². The van der Waals surface area contributed by atoms with E-state index < -0.39 is 10.2 Å². The Hall–Kier alpha value is -1.82. The van der Waals surface area contributed by atoms with Gasteiger partial charge in [-0.3, -0.25) is 0 Å². The molecule has 150 valence electrons. The molecule has 0 amide bonds. The minimum atomic E-state index is -3.33. The fourth-order valence-electron chi connectivity index (χ4n) is 3.42. The third kappa shape index (κ3) is 4.21.